The topological polar surface area (TPSA) is 58.6 Å². The van der Waals surface area contributed by atoms with E-state index < -0.39 is 10.2 Å². The van der Waals surface area contributed by atoms with Crippen molar-refractivity contribution >= 4 is 21.8 Å². The van der Waals surface area contributed by atoms with Crippen molar-refractivity contribution < 1.29 is 13.2 Å². The summed E-state index contributed by atoms with van der Waals surface area (Å²) in [6.07, 6.45) is 0.524. The minimum absolute atomic E-state index is 0.298. The molecule has 0 heterocycles. The van der Waals surface area contributed by atoms with E-state index in [0.717, 1.165) is 9.87 Å². The average Bonchev–Trinajstić information content (AvgIpc) is 2.30. The molecule has 0 aromatic heterocycles. The molecule has 0 radical (unpaired) electrons. The van der Waals surface area contributed by atoms with Crippen LogP contribution in [0.15, 0.2) is 18.2 Å². The maximum atomic E-state index is 11.5. The molecule has 1 aromatic carbocycles. The van der Waals surface area contributed by atoms with Gasteiger partial charge < -0.3 is 4.74 Å². The second-order valence-corrected chi connectivity index (χ2v) is 6.27. The highest BCUT2D eigenvalue weighted by Gasteiger charge is 2.12. The zero-order valence-electron chi connectivity index (χ0n) is 10.6. The fourth-order valence-corrected chi connectivity index (χ4v) is 2.18. The predicted octanol–water partition coefficient (Wildman–Crippen LogP) is 1.29. The van der Waals surface area contributed by atoms with Gasteiger partial charge in [-0.1, -0.05) is 17.7 Å². The van der Waals surface area contributed by atoms with Crippen molar-refractivity contribution in [2.24, 2.45) is 0 Å². The number of hydrogen-bond acceptors (Lipinski definition) is 3. The minimum Gasteiger partial charge on any atom is -0.497 e. The molecule has 0 amide bonds. The molecule has 7 heteroatoms. The van der Waals surface area contributed by atoms with Crippen LogP contribution in [0.5, 0.6) is 5.75 Å². The Morgan fingerprint density at radius 2 is 2.06 bits per heavy atom. The first-order chi connectivity index (χ1) is 8.36. The molecule has 0 saturated carbocycles. The first-order valence-corrected chi connectivity index (χ1v) is 7.18. The summed E-state index contributed by atoms with van der Waals surface area (Å²) in [5.41, 5.74) is 0.874. The van der Waals surface area contributed by atoms with Gasteiger partial charge in [-0.2, -0.15) is 12.7 Å². The van der Waals surface area contributed by atoms with Gasteiger partial charge in [-0.05, 0) is 24.1 Å². The molecule has 1 rings (SSSR count). The van der Waals surface area contributed by atoms with Gasteiger partial charge in [-0.3, -0.25) is 0 Å². The van der Waals surface area contributed by atoms with Gasteiger partial charge in [-0.25, -0.2) is 4.72 Å². The largest absolute Gasteiger partial charge is 0.497 e. The van der Waals surface area contributed by atoms with Gasteiger partial charge in [0, 0.05) is 25.7 Å². The number of methoxy groups -OCH3 is 1. The number of ether oxygens (including phenoxy) is 1. The lowest BCUT2D eigenvalue weighted by molar-refractivity contribution is 0.414. The maximum Gasteiger partial charge on any atom is 0.278 e. The van der Waals surface area contributed by atoms with Gasteiger partial charge in [0.05, 0.1) is 7.11 Å². The molecule has 18 heavy (non-hydrogen) atoms. The summed E-state index contributed by atoms with van der Waals surface area (Å²) >= 11 is 6.05. The second-order valence-electron chi connectivity index (χ2n) is 3.89. The quantitative estimate of drug-likeness (QED) is 0.859. The molecule has 0 saturated heterocycles. The van der Waals surface area contributed by atoms with E-state index in [-0.39, 0.29) is 0 Å². The fraction of sp³-hybridized carbons (Fsp3) is 0.455. The molecule has 0 spiro atoms. The van der Waals surface area contributed by atoms with Gasteiger partial charge in [0.15, 0.2) is 0 Å². The van der Waals surface area contributed by atoms with Gasteiger partial charge >= 0.3 is 0 Å². The number of nitrogens with one attached hydrogen (secondary N) is 1. The zero-order chi connectivity index (χ0) is 13.8. The van der Waals surface area contributed by atoms with Crippen LogP contribution in [0, 0.1) is 0 Å². The molecule has 0 unspecified atom stereocenters. The van der Waals surface area contributed by atoms with E-state index in [0.29, 0.717) is 23.7 Å². The molecule has 0 aliphatic heterocycles. The number of halogens is 1. The molecular formula is C11H17ClN2O3S. The highest BCUT2D eigenvalue weighted by molar-refractivity contribution is 7.87. The van der Waals surface area contributed by atoms with Crippen LogP contribution < -0.4 is 9.46 Å². The zero-order valence-corrected chi connectivity index (χ0v) is 12.2. The molecule has 1 aromatic rings. The monoisotopic (exact) mass is 292 g/mol. The molecule has 5 nitrogen and oxygen atoms in total. The molecule has 102 valence electrons. The smallest absolute Gasteiger partial charge is 0.278 e. The van der Waals surface area contributed by atoms with Crippen LogP contribution in [0.4, 0.5) is 0 Å². The predicted molar refractivity (Wildman–Crippen MR) is 72.3 cm³/mol. The summed E-state index contributed by atoms with van der Waals surface area (Å²) < 4.78 is 31.6. The molecule has 0 aliphatic carbocycles. The minimum atomic E-state index is -3.38. The Morgan fingerprint density at radius 1 is 1.39 bits per heavy atom. The van der Waals surface area contributed by atoms with Crippen LogP contribution in [0.3, 0.4) is 0 Å². The number of hydrogen-bond donors (Lipinski definition) is 1. The van der Waals surface area contributed by atoms with Crippen molar-refractivity contribution in [3.05, 3.63) is 28.8 Å². The highest BCUT2D eigenvalue weighted by Crippen LogP contribution is 2.22. The Kier molecular flexibility index (Phi) is 5.40. The van der Waals surface area contributed by atoms with Gasteiger partial charge in [0.1, 0.15) is 5.75 Å². The summed E-state index contributed by atoms with van der Waals surface area (Å²) in [4.78, 5) is 0. The van der Waals surface area contributed by atoms with E-state index in [2.05, 4.69) is 4.72 Å². The van der Waals surface area contributed by atoms with Gasteiger partial charge in [0.25, 0.3) is 10.2 Å². The fourth-order valence-electron chi connectivity index (χ4n) is 1.30. The van der Waals surface area contributed by atoms with Crippen molar-refractivity contribution in [3.63, 3.8) is 0 Å². The normalized spacial score (nSPS) is 11.8. The van der Waals surface area contributed by atoms with Crippen LogP contribution in [-0.4, -0.2) is 40.5 Å². The molecular weight excluding hydrogens is 276 g/mol. The Balaban J connectivity index is 2.60. The lowest BCUT2D eigenvalue weighted by Gasteiger charge is -2.12. The van der Waals surface area contributed by atoms with Crippen LogP contribution >= 0.6 is 11.6 Å². The summed E-state index contributed by atoms with van der Waals surface area (Å²) in [7, 11) is 1.14. The van der Waals surface area contributed by atoms with Crippen molar-refractivity contribution in [1.29, 1.82) is 0 Å². The number of nitrogens with zero attached hydrogens (tertiary/aromatic N) is 1. The highest BCUT2D eigenvalue weighted by atomic mass is 35.5. The average molecular weight is 293 g/mol. The molecule has 0 fully saturated rings. The Hall–Kier alpha value is -0.820. The van der Waals surface area contributed by atoms with E-state index in [9.17, 15) is 8.42 Å². The van der Waals surface area contributed by atoms with E-state index in [1.165, 1.54) is 14.1 Å². The maximum absolute atomic E-state index is 11.5. The Bertz CT molecular complexity index is 503. The lowest BCUT2D eigenvalue weighted by Crippen LogP contribution is -2.36. The van der Waals surface area contributed by atoms with Crippen molar-refractivity contribution in [3.8, 4) is 5.75 Å². The summed E-state index contributed by atoms with van der Waals surface area (Å²) in [5.74, 6) is 0.678. The number of benzene rings is 1. The third-order valence-corrected chi connectivity index (χ3v) is 4.30. The SMILES string of the molecule is COc1ccc(CCNS(=O)(=O)N(C)C)c(Cl)c1. The van der Waals surface area contributed by atoms with E-state index in [1.54, 1.807) is 19.2 Å². The van der Waals surface area contributed by atoms with Crippen LogP contribution in [0.2, 0.25) is 5.02 Å². The number of rotatable bonds is 6. The summed E-state index contributed by atoms with van der Waals surface area (Å²) in [6.45, 7) is 0.298. The van der Waals surface area contributed by atoms with E-state index in [4.69, 9.17) is 16.3 Å². The first kappa shape index (κ1) is 15.2. The van der Waals surface area contributed by atoms with Gasteiger partial charge in [-0.15, -0.1) is 0 Å². The third kappa shape index (κ3) is 4.13. The first-order valence-electron chi connectivity index (χ1n) is 5.36. The van der Waals surface area contributed by atoms with Crippen molar-refractivity contribution in [1.82, 2.24) is 9.03 Å². The van der Waals surface area contributed by atoms with E-state index >= 15 is 0 Å². The van der Waals surface area contributed by atoms with Crippen LogP contribution in [0.25, 0.3) is 0 Å². The van der Waals surface area contributed by atoms with Crippen molar-refractivity contribution in [2.45, 2.75) is 6.42 Å². The van der Waals surface area contributed by atoms with Crippen LogP contribution in [-0.2, 0) is 16.6 Å². The molecule has 0 aliphatic rings. The van der Waals surface area contributed by atoms with Gasteiger partial charge in [0.2, 0.25) is 0 Å². The van der Waals surface area contributed by atoms with Crippen molar-refractivity contribution in [2.75, 3.05) is 27.7 Å². The summed E-state index contributed by atoms with van der Waals surface area (Å²) in [6, 6.07) is 5.32. The molecule has 1 N–H and O–H groups in total. The van der Waals surface area contributed by atoms with Crippen LogP contribution in [0.1, 0.15) is 5.56 Å². The summed E-state index contributed by atoms with van der Waals surface area (Å²) in [5, 5.41) is 0.568. The molecule has 0 atom stereocenters. The van der Waals surface area contributed by atoms with E-state index in [1.807, 2.05) is 6.07 Å². The third-order valence-electron chi connectivity index (χ3n) is 2.42. The second kappa shape index (κ2) is 6.38. The Labute approximate surface area is 113 Å². The standard InChI is InChI=1S/C11H17ClN2O3S/c1-14(2)18(15,16)13-7-6-9-4-5-10(17-3)8-11(9)12/h4-5,8,13H,6-7H2,1-3H3. The Morgan fingerprint density at radius 3 is 2.56 bits per heavy atom. The molecule has 0 bridgehead atoms. The lowest BCUT2D eigenvalue weighted by atomic mass is 10.1.